The molecule has 2 atom stereocenters. The largest absolute Gasteiger partial charge is 0.480 e. The fourth-order valence-corrected chi connectivity index (χ4v) is 3.83. The summed E-state index contributed by atoms with van der Waals surface area (Å²) in [6.07, 6.45) is 0. The Labute approximate surface area is 127 Å². The number of hydrogen-bond donors (Lipinski definition) is 1. The lowest BCUT2D eigenvalue weighted by Crippen LogP contribution is -2.47. The Morgan fingerprint density at radius 1 is 1.35 bits per heavy atom. The van der Waals surface area contributed by atoms with Crippen molar-refractivity contribution in [3.63, 3.8) is 0 Å². The fraction of sp³-hybridized carbons (Fsp3) is 0.429. The minimum Gasteiger partial charge on any atom is -0.480 e. The number of carbonyl (C=O) groups excluding carboxylic acids is 1. The summed E-state index contributed by atoms with van der Waals surface area (Å²) in [5.74, 6) is -0.585. The lowest BCUT2D eigenvalue weighted by atomic mass is 10.1. The minimum absolute atomic E-state index is 0.112. The molecule has 1 aromatic rings. The normalized spacial score (nSPS) is 22.3. The summed E-state index contributed by atoms with van der Waals surface area (Å²) in [6, 6.07) is 5.76. The first-order valence-electron chi connectivity index (χ1n) is 6.34. The number of carboxylic acids is 1. The Hall–Kier alpha value is -1.20. The van der Waals surface area contributed by atoms with Crippen molar-refractivity contribution in [2.45, 2.75) is 25.3 Å². The molecule has 0 bridgehead atoms. The average Bonchev–Trinajstić information content (AvgIpc) is 2.83. The molecule has 0 aliphatic carbocycles. The van der Waals surface area contributed by atoms with Crippen molar-refractivity contribution < 1.29 is 14.7 Å². The van der Waals surface area contributed by atoms with Crippen molar-refractivity contribution in [1.29, 1.82) is 0 Å². The molecule has 0 saturated carbocycles. The summed E-state index contributed by atoms with van der Waals surface area (Å²) >= 11 is 7.33. The van der Waals surface area contributed by atoms with Crippen LogP contribution in [0.2, 0.25) is 5.02 Å². The zero-order chi connectivity index (χ0) is 14.9. The SMILES string of the molecule is CC(C)C1SCC(C(=O)O)N1C(=O)c1ccc(Cl)cc1. The molecule has 20 heavy (non-hydrogen) atoms. The van der Waals surface area contributed by atoms with Crippen LogP contribution in [0.3, 0.4) is 0 Å². The van der Waals surface area contributed by atoms with Crippen molar-refractivity contribution in [1.82, 2.24) is 4.90 Å². The summed E-state index contributed by atoms with van der Waals surface area (Å²) in [5.41, 5.74) is 0.466. The van der Waals surface area contributed by atoms with Gasteiger partial charge in [-0.1, -0.05) is 25.4 Å². The molecule has 1 amide bonds. The Balaban J connectivity index is 2.31. The molecule has 1 aliphatic rings. The van der Waals surface area contributed by atoms with E-state index in [2.05, 4.69) is 0 Å². The van der Waals surface area contributed by atoms with Gasteiger partial charge >= 0.3 is 5.97 Å². The third-order valence-corrected chi connectivity index (χ3v) is 5.09. The van der Waals surface area contributed by atoms with Crippen LogP contribution in [0.25, 0.3) is 0 Å². The average molecular weight is 314 g/mol. The molecule has 1 saturated heterocycles. The van der Waals surface area contributed by atoms with E-state index in [-0.39, 0.29) is 17.2 Å². The van der Waals surface area contributed by atoms with Gasteiger partial charge in [-0.3, -0.25) is 4.79 Å². The highest BCUT2D eigenvalue weighted by Gasteiger charge is 2.43. The lowest BCUT2D eigenvalue weighted by Gasteiger charge is -2.29. The third kappa shape index (κ3) is 2.94. The van der Waals surface area contributed by atoms with E-state index < -0.39 is 12.0 Å². The number of carbonyl (C=O) groups is 2. The van der Waals surface area contributed by atoms with E-state index >= 15 is 0 Å². The summed E-state index contributed by atoms with van der Waals surface area (Å²) < 4.78 is 0. The highest BCUT2D eigenvalue weighted by Crippen LogP contribution is 2.35. The number of nitrogens with zero attached hydrogens (tertiary/aromatic N) is 1. The van der Waals surface area contributed by atoms with Crippen LogP contribution in [-0.4, -0.2) is 39.1 Å². The first-order chi connectivity index (χ1) is 9.41. The van der Waals surface area contributed by atoms with Crippen molar-refractivity contribution in [2.75, 3.05) is 5.75 Å². The Kier molecular flexibility index (Phi) is 4.60. The number of thioether (sulfide) groups is 1. The molecule has 1 N–H and O–H groups in total. The summed E-state index contributed by atoms with van der Waals surface area (Å²) in [6.45, 7) is 3.98. The van der Waals surface area contributed by atoms with Gasteiger partial charge in [-0.2, -0.15) is 0 Å². The molecule has 108 valence electrons. The summed E-state index contributed by atoms with van der Waals surface area (Å²) in [5, 5.41) is 9.73. The van der Waals surface area contributed by atoms with E-state index in [0.29, 0.717) is 16.3 Å². The molecule has 1 aromatic carbocycles. The van der Waals surface area contributed by atoms with Gasteiger partial charge in [0.05, 0.1) is 5.37 Å². The molecule has 0 aromatic heterocycles. The second-order valence-electron chi connectivity index (χ2n) is 5.04. The molecule has 6 heteroatoms. The van der Waals surface area contributed by atoms with Crippen molar-refractivity contribution in [2.24, 2.45) is 5.92 Å². The van der Waals surface area contributed by atoms with Crippen molar-refractivity contribution in [3.05, 3.63) is 34.9 Å². The van der Waals surface area contributed by atoms with Crippen LogP contribution < -0.4 is 0 Å². The molecule has 0 radical (unpaired) electrons. The van der Waals surface area contributed by atoms with Gasteiger partial charge in [0.25, 0.3) is 5.91 Å². The molecular weight excluding hydrogens is 298 g/mol. The molecule has 2 rings (SSSR count). The van der Waals surface area contributed by atoms with Crippen molar-refractivity contribution in [3.8, 4) is 0 Å². The van der Waals surface area contributed by atoms with E-state index in [4.69, 9.17) is 11.6 Å². The maximum atomic E-state index is 12.6. The van der Waals surface area contributed by atoms with Crippen LogP contribution in [-0.2, 0) is 4.79 Å². The number of hydrogen-bond acceptors (Lipinski definition) is 3. The topological polar surface area (TPSA) is 57.6 Å². The van der Waals surface area contributed by atoms with Gasteiger partial charge < -0.3 is 10.0 Å². The quantitative estimate of drug-likeness (QED) is 0.932. The number of halogens is 1. The second kappa shape index (κ2) is 6.06. The third-order valence-electron chi connectivity index (χ3n) is 3.22. The predicted octanol–water partition coefficient (Wildman–Crippen LogP) is 2.96. The molecular formula is C14H16ClNO3S. The molecule has 1 heterocycles. The van der Waals surface area contributed by atoms with Crippen molar-refractivity contribution >= 4 is 35.2 Å². The van der Waals surface area contributed by atoms with Crippen LogP contribution >= 0.6 is 23.4 Å². The Morgan fingerprint density at radius 2 is 1.95 bits per heavy atom. The van der Waals surface area contributed by atoms with Gasteiger partial charge in [0.15, 0.2) is 0 Å². The monoisotopic (exact) mass is 313 g/mol. The fourth-order valence-electron chi connectivity index (χ4n) is 2.23. The smallest absolute Gasteiger partial charge is 0.327 e. The number of benzene rings is 1. The maximum absolute atomic E-state index is 12.6. The molecule has 0 spiro atoms. The van der Waals surface area contributed by atoms with Crippen LogP contribution in [0, 0.1) is 5.92 Å². The Bertz CT molecular complexity index is 518. The number of amides is 1. The molecule has 4 nitrogen and oxygen atoms in total. The Morgan fingerprint density at radius 3 is 2.45 bits per heavy atom. The van der Waals surface area contributed by atoms with Gasteiger partial charge in [-0.05, 0) is 30.2 Å². The highest BCUT2D eigenvalue weighted by atomic mass is 35.5. The standard InChI is InChI=1S/C14H16ClNO3S/c1-8(2)13-16(11(7-20-13)14(18)19)12(17)9-3-5-10(15)6-4-9/h3-6,8,11,13H,7H2,1-2H3,(H,18,19). The van der Waals surface area contributed by atoms with E-state index in [1.807, 2.05) is 13.8 Å². The zero-order valence-electron chi connectivity index (χ0n) is 11.2. The van der Waals surface area contributed by atoms with E-state index in [1.54, 1.807) is 24.3 Å². The van der Waals surface area contributed by atoms with Gasteiger partial charge in [0.2, 0.25) is 0 Å². The lowest BCUT2D eigenvalue weighted by molar-refractivity contribution is -0.141. The predicted molar refractivity (Wildman–Crippen MR) is 80.1 cm³/mol. The first-order valence-corrected chi connectivity index (χ1v) is 7.77. The van der Waals surface area contributed by atoms with E-state index in [9.17, 15) is 14.7 Å². The zero-order valence-corrected chi connectivity index (χ0v) is 12.8. The minimum atomic E-state index is -0.956. The second-order valence-corrected chi connectivity index (χ2v) is 6.63. The van der Waals surface area contributed by atoms with Crippen LogP contribution in [0.5, 0.6) is 0 Å². The first kappa shape index (κ1) is 15.2. The maximum Gasteiger partial charge on any atom is 0.327 e. The van der Waals surface area contributed by atoms with E-state index in [0.717, 1.165) is 0 Å². The molecule has 1 aliphatic heterocycles. The van der Waals surface area contributed by atoms with Gasteiger partial charge in [0.1, 0.15) is 6.04 Å². The number of carboxylic acid groups (broad SMARTS) is 1. The van der Waals surface area contributed by atoms with Gasteiger partial charge in [-0.15, -0.1) is 11.8 Å². The molecule has 1 fully saturated rings. The van der Waals surface area contributed by atoms with Gasteiger partial charge in [-0.25, -0.2) is 4.79 Å². The summed E-state index contributed by atoms with van der Waals surface area (Å²) in [7, 11) is 0. The van der Waals surface area contributed by atoms with Gasteiger partial charge in [0, 0.05) is 16.3 Å². The van der Waals surface area contributed by atoms with E-state index in [1.165, 1.54) is 16.7 Å². The number of rotatable bonds is 3. The van der Waals surface area contributed by atoms with Crippen LogP contribution in [0.15, 0.2) is 24.3 Å². The van der Waals surface area contributed by atoms with Crippen LogP contribution in [0.1, 0.15) is 24.2 Å². The van der Waals surface area contributed by atoms with Crippen LogP contribution in [0.4, 0.5) is 0 Å². The summed E-state index contributed by atoms with van der Waals surface area (Å²) in [4.78, 5) is 25.4. The number of aliphatic carboxylic acids is 1. The molecule has 2 unspecified atom stereocenters. The highest BCUT2D eigenvalue weighted by molar-refractivity contribution is 8.00.